The highest BCUT2D eigenvalue weighted by molar-refractivity contribution is 7.97. The Morgan fingerprint density at radius 2 is 0.796 bits per heavy atom. The van der Waals surface area contributed by atoms with E-state index in [1.165, 1.54) is 20.2 Å². The van der Waals surface area contributed by atoms with Crippen LogP contribution in [0.4, 0.5) is 74.6 Å². The number of alkyl halides is 17. The van der Waals surface area contributed by atoms with Crippen molar-refractivity contribution in [3.8, 4) is 0 Å². The van der Waals surface area contributed by atoms with Crippen molar-refractivity contribution in [1.82, 2.24) is 0 Å². The Labute approximate surface area is 267 Å². The summed E-state index contributed by atoms with van der Waals surface area (Å²) in [5.41, 5.74) is 1.31. The molecule has 49 heavy (non-hydrogen) atoms. The van der Waals surface area contributed by atoms with Gasteiger partial charge < -0.3 is 4.55 Å². The number of hydrogen-bond acceptors (Lipinski definition) is 3. The third kappa shape index (κ3) is 7.17. The highest BCUT2D eigenvalue weighted by Crippen LogP contribution is 2.64. The van der Waals surface area contributed by atoms with Crippen LogP contribution in [0, 0.1) is 6.92 Å². The van der Waals surface area contributed by atoms with E-state index in [1.54, 1.807) is 0 Å². The summed E-state index contributed by atoms with van der Waals surface area (Å²) in [6, 6.07) is 30.3. The summed E-state index contributed by atoms with van der Waals surface area (Å²) in [6.07, 6.45) is -7.89. The molecule has 0 unspecified atom stereocenters. The zero-order chi connectivity index (χ0) is 38.3. The molecule has 22 heteroatoms. The van der Waals surface area contributed by atoms with Crippen molar-refractivity contribution in [2.24, 2.45) is 0 Å². The van der Waals surface area contributed by atoms with Crippen LogP contribution in [0.5, 0.6) is 0 Å². The Hall–Kier alpha value is -3.27. The summed E-state index contributed by atoms with van der Waals surface area (Å²) < 4.78 is 244. The van der Waals surface area contributed by atoms with Gasteiger partial charge in [0.15, 0.2) is 24.8 Å². The molecular formula is C27H17F17O3S2. The SMILES string of the molecule is Cc1cccc([S+](c2ccccc2)c2ccccc2)c1.O=S(=O)([O-])C(F)(F)C(F)(F)C(F)(F)C(F)(F)C(F)(F)C(F)(F)C(F)(F)C(F)(F)F. The first-order valence-electron chi connectivity index (χ1n) is 12.4. The fourth-order valence-electron chi connectivity index (χ4n) is 3.57. The van der Waals surface area contributed by atoms with E-state index in [1.807, 2.05) is 0 Å². The third-order valence-corrected chi connectivity index (χ3v) is 9.29. The van der Waals surface area contributed by atoms with Crippen LogP contribution in [0.25, 0.3) is 0 Å². The topological polar surface area (TPSA) is 57.2 Å². The zero-order valence-electron chi connectivity index (χ0n) is 23.5. The molecule has 3 aromatic rings. The molecule has 0 amide bonds. The molecule has 3 nitrogen and oxygen atoms in total. The normalized spacial score (nSPS) is 14.4. The van der Waals surface area contributed by atoms with Crippen LogP contribution in [-0.2, 0) is 21.0 Å². The van der Waals surface area contributed by atoms with Crippen LogP contribution in [-0.4, -0.2) is 59.9 Å². The molecule has 0 N–H and O–H groups in total. The van der Waals surface area contributed by atoms with Gasteiger partial charge in [0.05, 0.1) is 10.9 Å². The molecule has 0 atom stereocenters. The molecule has 0 heterocycles. The van der Waals surface area contributed by atoms with Crippen molar-refractivity contribution >= 4 is 21.0 Å². The molecule has 3 rings (SSSR count). The van der Waals surface area contributed by atoms with Gasteiger partial charge in [0.2, 0.25) is 0 Å². The molecule has 274 valence electrons. The van der Waals surface area contributed by atoms with Gasteiger partial charge in [0.1, 0.15) is 0 Å². The van der Waals surface area contributed by atoms with E-state index in [2.05, 4.69) is 91.9 Å². The maximum atomic E-state index is 13.0. The summed E-state index contributed by atoms with van der Waals surface area (Å²) in [7, 11) is -8.17. The van der Waals surface area contributed by atoms with Gasteiger partial charge in [-0.05, 0) is 48.9 Å². The molecule has 0 radical (unpaired) electrons. The summed E-state index contributed by atoms with van der Waals surface area (Å²) in [5, 5.41) is -7.95. The largest absolute Gasteiger partial charge is 0.743 e. The van der Waals surface area contributed by atoms with E-state index in [0.717, 1.165) is 0 Å². The predicted molar refractivity (Wildman–Crippen MR) is 137 cm³/mol. The molecule has 0 fully saturated rings. The third-order valence-electron chi connectivity index (χ3n) is 6.19. The molecular weight excluding hydrogens is 759 g/mol. The molecule has 3 aromatic carbocycles. The van der Waals surface area contributed by atoms with E-state index >= 15 is 0 Å². The molecule has 0 aliphatic heterocycles. The quantitative estimate of drug-likeness (QED) is 0.117. The van der Waals surface area contributed by atoms with Gasteiger partial charge in [-0.3, -0.25) is 0 Å². The molecule has 0 aromatic heterocycles. The van der Waals surface area contributed by atoms with E-state index < -0.39 is 57.1 Å². The minimum atomic E-state index is -8.92. The molecule has 0 saturated heterocycles. The summed E-state index contributed by atoms with van der Waals surface area (Å²) in [4.78, 5) is 4.11. The van der Waals surface area contributed by atoms with Gasteiger partial charge in [-0.25, -0.2) is 8.42 Å². The van der Waals surface area contributed by atoms with Gasteiger partial charge in [0.25, 0.3) is 0 Å². The maximum absolute atomic E-state index is 13.0. The second kappa shape index (κ2) is 13.5. The second-order valence-electron chi connectivity index (χ2n) is 9.66. The lowest BCUT2D eigenvalue weighted by molar-refractivity contribution is -0.458. The van der Waals surface area contributed by atoms with Crippen molar-refractivity contribution in [2.75, 3.05) is 0 Å². The highest BCUT2D eigenvalue weighted by Gasteiger charge is 2.95. The Morgan fingerprint density at radius 3 is 1.12 bits per heavy atom. The number of aryl methyl sites for hydroxylation is 1. The van der Waals surface area contributed by atoms with Crippen LogP contribution in [0.2, 0.25) is 0 Å². The average molecular weight is 777 g/mol. The smallest absolute Gasteiger partial charge is 0.460 e. The van der Waals surface area contributed by atoms with Gasteiger partial charge in [-0.15, -0.1) is 0 Å². The summed E-state index contributed by atoms with van der Waals surface area (Å²) in [5.74, 6) is -52.1. The monoisotopic (exact) mass is 776 g/mol. The number of hydrogen-bond donors (Lipinski definition) is 0. The number of halogens is 17. The minimum absolute atomic E-state index is 0.0249. The zero-order valence-corrected chi connectivity index (χ0v) is 25.2. The van der Waals surface area contributed by atoms with Crippen molar-refractivity contribution in [3.05, 3.63) is 90.5 Å². The Balaban J connectivity index is 0.000000360. The van der Waals surface area contributed by atoms with Crippen LogP contribution < -0.4 is 0 Å². The molecule has 0 spiro atoms. The maximum Gasteiger partial charge on any atom is 0.460 e. The van der Waals surface area contributed by atoms with E-state index in [9.17, 15) is 87.6 Å². The first kappa shape index (κ1) is 41.9. The average Bonchev–Trinajstić information content (AvgIpc) is 2.97. The lowest BCUT2D eigenvalue weighted by Gasteiger charge is -2.42. The van der Waals surface area contributed by atoms with Crippen LogP contribution in [0.1, 0.15) is 5.56 Å². The fraction of sp³-hybridized carbons (Fsp3) is 0.333. The van der Waals surface area contributed by atoms with Crippen molar-refractivity contribution in [1.29, 1.82) is 0 Å². The standard InChI is InChI=1S/C19H17S.C8HF17O3S/c1-16-9-8-14-19(15-16)20(17-10-4-2-5-11-17)18-12-6-3-7-13-18;9-1(10,3(13,14)5(17,18)7(21,22)23)2(11,12)4(15,16)6(19,20)8(24,25)29(26,27)28/h2-15H,1H3;(H,26,27,28)/q+1;/p-1. The summed E-state index contributed by atoms with van der Waals surface area (Å²) in [6.45, 7) is 2.15. The summed E-state index contributed by atoms with van der Waals surface area (Å²) >= 11 is 0. The van der Waals surface area contributed by atoms with Gasteiger partial charge in [-0.2, -0.15) is 74.6 Å². The fourth-order valence-corrected chi connectivity index (χ4v) is 6.21. The number of rotatable bonds is 10. The van der Waals surface area contributed by atoms with Crippen molar-refractivity contribution in [2.45, 2.75) is 68.6 Å². The molecule has 0 aliphatic carbocycles. The number of benzene rings is 3. The van der Waals surface area contributed by atoms with E-state index in [0.29, 0.717) is 0 Å². The lowest BCUT2D eigenvalue weighted by Crippen LogP contribution is -2.75. The highest BCUT2D eigenvalue weighted by atomic mass is 32.2. The molecule has 0 bridgehead atoms. The Kier molecular flexibility index (Phi) is 11.5. The van der Waals surface area contributed by atoms with Crippen LogP contribution in [0.15, 0.2) is 99.6 Å². The first-order chi connectivity index (χ1) is 21.8. The van der Waals surface area contributed by atoms with Gasteiger partial charge in [-0.1, -0.05) is 48.5 Å². The Bertz CT molecular complexity index is 1640. The second-order valence-corrected chi connectivity index (χ2v) is 13.1. The van der Waals surface area contributed by atoms with Crippen LogP contribution >= 0.6 is 0 Å². The molecule has 0 saturated carbocycles. The predicted octanol–water partition coefficient (Wildman–Crippen LogP) is 9.59. The van der Waals surface area contributed by atoms with Gasteiger partial charge in [0, 0.05) is 0 Å². The van der Waals surface area contributed by atoms with E-state index in [-0.39, 0.29) is 10.9 Å². The lowest BCUT2D eigenvalue weighted by atomic mass is 9.91. The van der Waals surface area contributed by atoms with Crippen molar-refractivity contribution in [3.63, 3.8) is 0 Å². The van der Waals surface area contributed by atoms with Crippen molar-refractivity contribution < 1.29 is 87.6 Å². The van der Waals surface area contributed by atoms with Gasteiger partial charge >= 0.3 is 47.0 Å². The molecule has 0 aliphatic rings. The van der Waals surface area contributed by atoms with E-state index in [4.69, 9.17) is 0 Å². The first-order valence-corrected chi connectivity index (χ1v) is 15.1. The van der Waals surface area contributed by atoms with Crippen LogP contribution in [0.3, 0.4) is 0 Å². The Morgan fingerprint density at radius 1 is 0.469 bits per heavy atom. The minimum Gasteiger partial charge on any atom is -0.743 e.